The van der Waals surface area contributed by atoms with Gasteiger partial charge in [0.25, 0.3) is 5.91 Å². The van der Waals surface area contributed by atoms with Crippen molar-refractivity contribution in [3.05, 3.63) is 54.1 Å². The molecule has 7 nitrogen and oxygen atoms in total. The molecule has 3 rings (SSSR count). The zero-order chi connectivity index (χ0) is 25.4. The molecule has 2 aromatic carbocycles. The minimum Gasteiger partial charge on any atom is -0.302 e. The summed E-state index contributed by atoms with van der Waals surface area (Å²) >= 11 is 1.49. The Morgan fingerprint density at radius 3 is 2.14 bits per heavy atom. The van der Waals surface area contributed by atoms with Gasteiger partial charge in [-0.05, 0) is 55.9 Å². The zero-order valence-corrected chi connectivity index (χ0v) is 24.0. The fourth-order valence-electron chi connectivity index (χ4n) is 3.90. The molecular weight excluding hydrogens is 516 g/mol. The number of sulfonamides is 1. The van der Waals surface area contributed by atoms with Gasteiger partial charge in [-0.25, -0.2) is 13.4 Å². The van der Waals surface area contributed by atoms with Crippen molar-refractivity contribution < 1.29 is 13.2 Å². The summed E-state index contributed by atoms with van der Waals surface area (Å²) in [5, 5.41) is 0.650. The zero-order valence-electron chi connectivity index (χ0n) is 21.5. The average Bonchev–Trinajstić information content (AvgIpc) is 3.30. The SMILES string of the molecule is CCCCN(CC)S(=O)(=O)c1ccc(C(=O)N(CCN(CC)CC)c2nc3ccccc3s2)cc1.Cl. The predicted molar refractivity (Wildman–Crippen MR) is 152 cm³/mol. The second-order valence-corrected chi connectivity index (χ2v) is 11.3. The van der Waals surface area contributed by atoms with Gasteiger partial charge in [-0.3, -0.25) is 9.69 Å². The lowest BCUT2D eigenvalue weighted by molar-refractivity contribution is 0.0983. The van der Waals surface area contributed by atoms with E-state index in [-0.39, 0.29) is 23.2 Å². The van der Waals surface area contributed by atoms with E-state index in [0.717, 1.165) is 42.7 Å². The Kier molecular flexibility index (Phi) is 11.8. The Morgan fingerprint density at radius 1 is 0.889 bits per heavy atom. The molecule has 36 heavy (non-hydrogen) atoms. The van der Waals surface area contributed by atoms with Gasteiger partial charge in [0.2, 0.25) is 10.0 Å². The number of carbonyl (C=O) groups is 1. The van der Waals surface area contributed by atoms with Gasteiger partial charge in [-0.15, -0.1) is 12.4 Å². The van der Waals surface area contributed by atoms with Crippen molar-refractivity contribution in [1.82, 2.24) is 14.2 Å². The highest BCUT2D eigenvalue weighted by Gasteiger charge is 2.25. The topological polar surface area (TPSA) is 73.8 Å². The number of likely N-dealkylation sites (N-methyl/N-ethyl adjacent to an activating group) is 1. The molecule has 0 N–H and O–H groups in total. The third-order valence-corrected chi connectivity index (χ3v) is 9.19. The van der Waals surface area contributed by atoms with Crippen LogP contribution in [0.3, 0.4) is 0 Å². The van der Waals surface area contributed by atoms with E-state index in [0.29, 0.717) is 30.3 Å². The van der Waals surface area contributed by atoms with E-state index >= 15 is 0 Å². The van der Waals surface area contributed by atoms with Gasteiger partial charge in [0, 0.05) is 31.7 Å². The number of fused-ring (bicyclic) bond motifs is 1. The van der Waals surface area contributed by atoms with E-state index in [2.05, 4.69) is 18.7 Å². The predicted octanol–water partition coefficient (Wildman–Crippen LogP) is 5.52. The molecule has 0 saturated heterocycles. The maximum atomic E-state index is 13.6. The van der Waals surface area contributed by atoms with Gasteiger partial charge in [0.15, 0.2) is 5.13 Å². The standard InChI is InChI=1S/C26H36N4O3S2.ClH/c1-5-9-18-29(8-4)35(32,33)22-16-14-21(15-17-22)25(31)30(20-19-28(6-2)7-3)26-27-23-12-10-11-13-24(23)34-26;/h10-17H,5-9,18-20H2,1-4H3;1H. The number of hydrogen-bond acceptors (Lipinski definition) is 6. The van der Waals surface area contributed by atoms with Crippen LogP contribution in [-0.4, -0.2) is 67.8 Å². The second kappa shape index (κ2) is 14.0. The van der Waals surface area contributed by atoms with E-state index in [1.54, 1.807) is 17.0 Å². The van der Waals surface area contributed by atoms with E-state index < -0.39 is 10.0 Å². The fourth-order valence-corrected chi connectivity index (χ4v) is 6.38. The summed E-state index contributed by atoms with van der Waals surface area (Å²) in [6, 6.07) is 14.2. The van der Waals surface area contributed by atoms with E-state index in [1.165, 1.54) is 27.8 Å². The van der Waals surface area contributed by atoms with Crippen LogP contribution in [0.25, 0.3) is 10.2 Å². The molecule has 0 bridgehead atoms. The lowest BCUT2D eigenvalue weighted by Gasteiger charge is -2.25. The first-order chi connectivity index (χ1) is 16.8. The monoisotopic (exact) mass is 552 g/mol. The Bertz CT molecular complexity index is 1180. The molecule has 0 spiro atoms. The molecule has 0 aliphatic carbocycles. The van der Waals surface area contributed by atoms with E-state index in [4.69, 9.17) is 4.98 Å². The maximum Gasteiger partial charge on any atom is 0.260 e. The fraction of sp³-hybridized carbons (Fsp3) is 0.462. The van der Waals surface area contributed by atoms with Crippen LogP contribution in [0.4, 0.5) is 5.13 Å². The van der Waals surface area contributed by atoms with Crippen molar-refractivity contribution >= 4 is 55.0 Å². The van der Waals surface area contributed by atoms with Crippen LogP contribution in [0.2, 0.25) is 0 Å². The molecule has 0 fully saturated rings. The number of thiazole rings is 1. The Morgan fingerprint density at radius 2 is 1.56 bits per heavy atom. The first-order valence-corrected chi connectivity index (χ1v) is 14.6. The number of carbonyl (C=O) groups excluding carboxylic acids is 1. The van der Waals surface area contributed by atoms with Gasteiger partial charge in [0.1, 0.15) is 0 Å². The summed E-state index contributed by atoms with van der Waals surface area (Å²) in [5.41, 5.74) is 1.31. The van der Waals surface area contributed by atoms with Crippen molar-refractivity contribution in [1.29, 1.82) is 0 Å². The molecule has 10 heteroatoms. The quantitative estimate of drug-likeness (QED) is 0.279. The molecule has 0 aliphatic heterocycles. The molecule has 0 saturated carbocycles. The number of unbranched alkanes of at least 4 members (excludes halogenated alkanes) is 1. The van der Waals surface area contributed by atoms with Crippen LogP contribution in [0.5, 0.6) is 0 Å². The highest BCUT2D eigenvalue weighted by molar-refractivity contribution is 7.89. The Hall–Kier alpha value is -2.04. The minimum atomic E-state index is -3.59. The average molecular weight is 553 g/mol. The molecule has 3 aromatic rings. The first kappa shape index (κ1) is 30.2. The molecule has 0 unspecified atom stereocenters. The van der Waals surface area contributed by atoms with Gasteiger partial charge < -0.3 is 4.90 Å². The van der Waals surface area contributed by atoms with Crippen LogP contribution < -0.4 is 4.90 Å². The molecule has 198 valence electrons. The number of benzene rings is 2. The van der Waals surface area contributed by atoms with Gasteiger partial charge in [-0.2, -0.15) is 4.31 Å². The third kappa shape index (κ3) is 7.04. The van der Waals surface area contributed by atoms with Crippen LogP contribution in [-0.2, 0) is 10.0 Å². The number of halogens is 1. The summed E-state index contributed by atoms with van der Waals surface area (Å²) in [4.78, 5) is 22.5. The van der Waals surface area contributed by atoms with Crippen molar-refractivity contribution in [2.24, 2.45) is 0 Å². The Balaban J connectivity index is 0.00000456. The number of anilines is 1. The maximum absolute atomic E-state index is 13.6. The molecule has 1 aromatic heterocycles. The van der Waals surface area contributed by atoms with Gasteiger partial charge in [0.05, 0.1) is 15.1 Å². The second-order valence-electron chi connectivity index (χ2n) is 8.32. The number of hydrogen-bond donors (Lipinski definition) is 0. The summed E-state index contributed by atoms with van der Waals surface area (Å²) in [5.74, 6) is -0.182. The number of rotatable bonds is 13. The van der Waals surface area contributed by atoms with Crippen LogP contribution in [0, 0.1) is 0 Å². The molecule has 0 atom stereocenters. The summed E-state index contributed by atoms with van der Waals surface area (Å²) in [6.45, 7) is 12.0. The van der Waals surface area contributed by atoms with E-state index in [9.17, 15) is 13.2 Å². The highest BCUT2D eigenvalue weighted by atomic mass is 35.5. The molecule has 0 radical (unpaired) electrons. The Labute approximate surface area is 225 Å². The van der Waals surface area contributed by atoms with Crippen molar-refractivity contribution in [3.63, 3.8) is 0 Å². The normalized spacial score (nSPS) is 11.7. The molecule has 1 heterocycles. The van der Waals surface area contributed by atoms with Gasteiger partial charge >= 0.3 is 0 Å². The molecule has 0 aliphatic rings. The number of para-hydroxylation sites is 1. The first-order valence-electron chi connectivity index (χ1n) is 12.4. The van der Waals surface area contributed by atoms with Crippen molar-refractivity contribution in [2.75, 3.05) is 44.2 Å². The minimum absolute atomic E-state index is 0. The van der Waals surface area contributed by atoms with Crippen LogP contribution >= 0.6 is 23.7 Å². The summed E-state index contributed by atoms with van der Waals surface area (Å²) < 4.78 is 28.6. The summed E-state index contributed by atoms with van der Waals surface area (Å²) in [6.07, 6.45) is 1.74. The third-order valence-electron chi connectivity index (χ3n) is 6.15. The number of aromatic nitrogens is 1. The number of nitrogens with zero attached hydrogens (tertiary/aromatic N) is 4. The lowest BCUT2D eigenvalue weighted by Crippen LogP contribution is -2.39. The van der Waals surface area contributed by atoms with Crippen molar-refractivity contribution in [2.45, 2.75) is 45.4 Å². The summed E-state index contributed by atoms with van der Waals surface area (Å²) in [7, 11) is -3.59. The smallest absolute Gasteiger partial charge is 0.260 e. The molecule has 1 amide bonds. The van der Waals surface area contributed by atoms with Crippen LogP contribution in [0.15, 0.2) is 53.4 Å². The van der Waals surface area contributed by atoms with Crippen molar-refractivity contribution in [3.8, 4) is 0 Å². The van der Waals surface area contributed by atoms with E-state index in [1.807, 2.05) is 38.1 Å². The largest absolute Gasteiger partial charge is 0.302 e. The van der Waals surface area contributed by atoms with Crippen LogP contribution in [0.1, 0.15) is 50.9 Å². The number of amides is 1. The highest BCUT2D eigenvalue weighted by Crippen LogP contribution is 2.30. The lowest BCUT2D eigenvalue weighted by atomic mass is 10.2. The van der Waals surface area contributed by atoms with Gasteiger partial charge in [-0.1, -0.05) is 57.6 Å². The molecular formula is C26H37ClN4O3S2.